The minimum absolute atomic E-state index is 0.0545. The quantitative estimate of drug-likeness (QED) is 0.0243. The number of rotatable bonds is 63. The molecule has 0 heterocycles. The number of carbonyl (C=O) groups is 1. The van der Waals surface area contributed by atoms with E-state index in [4.69, 9.17) is 9.05 Å². The third-order valence-corrected chi connectivity index (χ3v) is 16.4. The first-order chi connectivity index (χ1) is 39.0. The van der Waals surface area contributed by atoms with Crippen LogP contribution in [0, 0.1) is 0 Å². The molecule has 0 radical (unpaired) electrons. The largest absolute Gasteiger partial charge is 0.472 e. The average molecular weight is 1140 g/mol. The van der Waals surface area contributed by atoms with Gasteiger partial charge in [-0.15, -0.1) is 0 Å². The van der Waals surface area contributed by atoms with Gasteiger partial charge in [0.2, 0.25) is 5.91 Å². The molecule has 0 aliphatic heterocycles. The van der Waals surface area contributed by atoms with Crippen LogP contribution >= 0.6 is 7.82 Å². The van der Waals surface area contributed by atoms with Crippen LogP contribution in [0.4, 0.5) is 0 Å². The summed E-state index contributed by atoms with van der Waals surface area (Å²) in [5, 5.41) is 14.0. The lowest BCUT2D eigenvalue weighted by Gasteiger charge is -2.25. The van der Waals surface area contributed by atoms with E-state index in [1.165, 1.54) is 238 Å². The Hall–Kier alpha value is -2.06. The van der Waals surface area contributed by atoms with Crippen molar-refractivity contribution in [3.8, 4) is 0 Å². The van der Waals surface area contributed by atoms with Crippen LogP contribution in [0.15, 0.2) is 72.9 Å². The molecule has 0 aliphatic rings. The van der Waals surface area contributed by atoms with Crippen LogP contribution in [0.1, 0.15) is 322 Å². The molecule has 0 spiro atoms. The minimum Gasteiger partial charge on any atom is -0.387 e. The molecule has 3 N–H and O–H groups in total. The molecule has 0 aromatic carbocycles. The lowest BCUT2D eigenvalue weighted by molar-refractivity contribution is -0.870. The molecule has 0 bridgehead atoms. The van der Waals surface area contributed by atoms with Crippen LogP contribution < -0.4 is 5.32 Å². The van der Waals surface area contributed by atoms with Crippen LogP contribution in [0.3, 0.4) is 0 Å². The van der Waals surface area contributed by atoms with Gasteiger partial charge in [0.15, 0.2) is 0 Å². The lowest BCUT2D eigenvalue weighted by Crippen LogP contribution is -2.45. The predicted molar refractivity (Wildman–Crippen MR) is 350 cm³/mol. The number of phosphoric acid groups is 1. The summed E-state index contributed by atoms with van der Waals surface area (Å²) in [7, 11) is 1.56. The minimum atomic E-state index is -4.36. The van der Waals surface area contributed by atoms with Crippen molar-refractivity contribution in [2.45, 2.75) is 334 Å². The molecule has 0 fully saturated rings. The second-order valence-corrected chi connectivity index (χ2v) is 26.0. The predicted octanol–water partition coefficient (Wildman–Crippen LogP) is 21.8. The zero-order chi connectivity index (χ0) is 58.4. The van der Waals surface area contributed by atoms with Crippen LogP contribution in [0.2, 0.25) is 0 Å². The van der Waals surface area contributed by atoms with E-state index in [2.05, 4.69) is 79.9 Å². The number of allylic oxidation sites excluding steroid dienone is 11. The molecular weight excluding hydrogens is 1010 g/mol. The maximum Gasteiger partial charge on any atom is 0.472 e. The van der Waals surface area contributed by atoms with Crippen molar-refractivity contribution in [1.82, 2.24) is 5.32 Å². The van der Waals surface area contributed by atoms with Gasteiger partial charge in [-0.2, -0.15) is 0 Å². The molecule has 0 saturated heterocycles. The van der Waals surface area contributed by atoms with Crippen molar-refractivity contribution < 1.29 is 32.9 Å². The van der Waals surface area contributed by atoms with Crippen molar-refractivity contribution in [3.63, 3.8) is 0 Å². The number of amides is 1. The molecule has 8 nitrogen and oxygen atoms in total. The number of nitrogens with zero attached hydrogens (tertiary/aromatic N) is 1. The van der Waals surface area contributed by atoms with E-state index in [0.29, 0.717) is 17.4 Å². The Labute approximate surface area is 497 Å². The molecule has 0 saturated carbocycles. The fourth-order valence-electron chi connectivity index (χ4n) is 10.1. The molecule has 468 valence electrons. The molecule has 0 aromatic heterocycles. The van der Waals surface area contributed by atoms with Crippen LogP contribution in [-0.2, 0) is 18.4 Å². The molecule has 3 unspecified atom stereocenters. The standard InChI is InChI=1S/C71H133N2O6P/c1-6-8-10-12-14-16-18-20-22-24-26-28-30-32-34-35-36-37-39-40-42-44-46-48-50-52-54-56-58-60-62-64-70(74)69(68-79-80(76,77)78-67-66-73(3,4)5)72-71(75)65-63-61-59-57-55-53-51-49-47-45-43-41-38-33-31-29-27-25-23-21-19-17-15-13-11-9-7-2/h9,11,15,17,21,23,27,29,54,56,62,64,69-70,74H,6-8,10,12-14,16,18-20,22,24-26,28,30-53,55,57-61,63,65-68H2,1-5H3,(H-,72,75,76,77)/p+1/b11-9-,17-15-,23-21-,29-27-,56-54+,64-62+. The number of hydrogen-bond donors (Lipinski definition) is 3. The smallest absolute Gasteiger partial charge is 0.387 e. The Morgan fingerprint density at radius 1 is 0.438 bits per heavy atom. The van der Waals surface area contributed by atoms with Crippen molar-refractivity contribution in [3.05, 3.63) is 72.9 Å². The first-order valence-corrected chi connectivity index (χ1v) is 35.8. The van der Waals surface area contributed by atoms with Crippen LogP contribution in [0.5, 0.6) is 0 Å². The first kappa shape index (κ1) is 77.9. The maximum absolute atomic E-state index is 13.0. The van der Waals surface area contributed by atoms with E-state index < -0.39 is 20.0 Å². The number of aliphatic hydroxyl groups is 1. The second kappa shape index (κ2) is 61.5. The maximum atomic E-state index is 13.0. The zero-order valence-electron chi connectivity index (χ0n) is 53.6. The van der Waals surface area contributed by atoms with Gasteiger partial charge in [0.05, 0.1) is 39.9 Å². The van der Waals surface area contributed by atoms with E-state index in [1.54, 1.807) is 6.08 Å². The number of aliphatic hydroxyl groups excluding tert-OH is 1. The molecule has 3 atom stereocenters. The topological polar surface area (TPSA) is 105 Å². The Balaban J connectivity index is 4.12. The van der Waals surface area contributed by atoms with Gasteiger partial charge in [-0.05, 0) is 70.6 Å². The number of nitrogens with one attached hydrogen (secondary N) is 1. The van der Waals surface area contributed by atoms with Crippen molar-refractivity contribution in [2.24, 2.45) is 0 Å². The van der Waals surface area contributed by atoms with E-state index in [9.17, 15) is 19.4 Å². The van der Waals surface area contributed by atoms with Gasteiger partial charge >= 0.3 is 7.82 Å². The summed E-state index contributed by atoms with van der Waals surface area (Å²) in [5.41, 5.74) is 0. The summed E-state index contributed by atoms with van der Waals surface area (Å²) >= 11 is 0. The second-order valence-electron chi connectivity index (χ2n) is 24.5. The Bertz CT molecular complexity index is 1530. The van der Waals surface area contributed by atoms with E-state index in [-0.39, 0.29) is 19.1 Å². The SMILES string of the molecule is CC/C=C\C/C=C\C/C=C\C/C=C\CCCCCCCCCCCCCCCCC(=O)NC(COP(=O)(O)OCC[N+](C)(C)C)C(O)/C=C/CC/C=C/CCCCCCCCCCCCCCCCCCCCCCCCCCC. The molecule has 0 aliphatic carbocycles. The van der Waals surface area contributed by atoms with E-state index in [1.807, 2.05) is 27.2 Å². The van der Waals surface area contributed by atoms with E-state index in [0.717, 1.165) is 64.2 Å². The van der Waals surface area contributed by atoms with Crippen molar-refractivity contribution >= 4 is 13.7 Å². The third-order valence-electron chi connectivity index (χ3n) is 15.4. The van der Waals surface area contributed by atoms with Gasteiger partial charge in [0.1, 0.15) is 13.2 Å². The number of likely N-dealkylation sites (N-methyl/N-ethyl adjacent to an activating group) is 1. The highest BCUT2D eigenvalue weighted by Gasteiger charge is 2.28. The van der Waals surface area contributed by atoms with Gasteiger partial charge < -0.3 is 19.8 Å². The molecule has 1 amide bonds. The van der Waals surface area contributed by atoms with Gasteiger partial charge in [0.25, 0.3) is 0 Å². The molecular formula is C71H134N2O6P+. The Morgan fingerprint density at radius 2 is 0.762 bits per heavy atom. The normalized spacial score (nSPS) is 14.1. The number of carbonyl (C=O) groups excluding carboxylic acids is 1. The third kappa shape index (κ3) is 63.5. The number of phosphoric ester groups is 1. The fourth-order valence-corrected chi connectivity index (χ4v) is 10.8. The lowest BCUT2D eigenvalue weighted by atomic mass is 10.0. The number of unbranched alkanes of at least 4 members (excludes halogenated alkanes) is 40. The number of hydrogen-bond acceptors (Lipinski definition) is 5. The van der Waals surface area contributed by atoms with Crippen molar-refractivity contribution in [1.29, 1.82) is 0 Å². The highest BCUT2D eigenvalue weighted by molar-refractivity contribution is 7.47. The molecule has 9 heteroatoms. The summed E-state index contributed by atoms with van der Waals surface area (Å²) in [6, 6.07) is -0.869. The average Bonchev–Trinajstić information content (AvgIpc) is 3.42. The summed E-state index contributed by atoms with van der Waals surface area (Å²) in [4.78, 5) is 23.4. The molecule has 0 rings (SSSR count). The highest BCUT2D eigenvalue weighted by atomic mass is 31.2. The van der Waals surface area contributed by atoms with E-state index >= 15 is 0 Å². The van der Waals surface area contributed by atoms with Gasteiger partial charge in [-0.1, -0.05) is 318 Å². The molecule has 0 aromatic rings. The molecule has 80 heavy (non-hydrogen) atoms. The Morgan fingerprint density at radius 3 is 1.15 bits per heavy atom. The van der Waals surface area contributed by atoms with Crippen LogP contribution in [0.25, 0.3) is 0 Å². The monoisotopic (exact) mass is 1140 g/mol. The summed E-state index contributed by atoms with van der Waals surface area (Å²) in [5.74, 6) is -0.186. The van der Waals surface area contributed by atoms with Crippen LogP contribution in [-0.4, -0.2) is 73.4 Å². The fraction of sp³-hybridized carbons (Fsp3) is 0.817. The Kier molecular flexibility index (Phi) is 59.9. The summed E-state index contributed by atoms with van der Waals surface area (Å²) in [6.07, 6.45) is 86.2. The first-order valence-electron chi connectivity index (χ1n) is 34.3. The highest BCUT2D eigenvalue weighted by Crippen LogP contribution is 2.43. The number of quaternary nitrogens is 1. The van der Waals surface area contributed by atoms with Gasteiger partial charge in [0, 0.05) is 6.42 Å². The zero-order valence-corrected chi connectivity index (χ0v) is 54.5. The summed E-state index contributed by atoms with van der Waals surface area (Å²) in [6.45, 7) is 4.72. The van der Waals surface area contributed by atoms with Gasteiger partial charge in [-0.3, -0.25) is 13.8 Å². The van der Waals surface area contributed by atoms with Gasteiger partial charge in [-0.25, -0.2) is 4.57 Å². The van der Waals surface area contributed by atoms with Crippen molar-refractivity contribution in [2.75, 3.05) is 40.9 Å². The summed E-state index contributed by atoms with van der Waals surface area (Å²) < 4.78 is 23.8.